The van der Waals surface area contributed by atoms with Crippen molar-refractivity contribution < 1.29 is 4.52 Å². The first-order valence-corrected chi connectivity index (χ1v) is 5.46. The van der Waals surface area contributed by atoms with Gasteiger partial charge in [0.2, 0.25) is 5.88 Å². The highest BCUT2D eigenvalue weighted by molar-refractivity contribution is 7.09. The molecule has 0 aromatic carbocycles. The van der Waals surface area contributed by atoms with Crippen molar-refractivity contribution in [3.8, 4) is 0 Å². The predicted molar refractivity (Wildman–Crippen MR) is 57.3 cm³/mol. The minimum absolute atomic E-state index is 0.399. The van der Waals surface area contributed by atoms with Crippen molar-refractivity contribution in [2.45, 2.75) is 19.3 Å². The van der Waals surface area contributed by atoms with Gasteiger partial charge in [-0.25, -0.2) is 0 Å². The van der Waals surface area contributed by atoms with Crippen LogP contribution in [-0.2, 0) is 12.8 Å². The van der Waals surface area contributed by atoms with E-state index in [-0.39, 0.29) is 0 Å². The minimum Gasteiger partial charge on any atom is -0.368 e. The van der Waals surface area contributed by atoms with E-state index in [2.05, 4.69) is 22.7 Å². The number of nitrogens with zero attached hydrogens (tertiary/aromatic N) is 1. The molecule has 74 valence electrons. The number of anilines is 1. The summed E-state index contributed by atoms with van der Waals surface area (Å²) in [5.41, 5.74) is 6.36. The molecule has 2 rings (SSSR count). The molecule has 0 radical (unpaired) electrons. The van der Waals surface area contributed by atoms with Crippen LogP contribution < -0.4 is 5.73 Å². The van der Waals surface area contributed by atoms with E-state index < -0.39 is 0 Å². The number of hydrogen-bond donors (Lipinski definition) is 1. The van der Waals surface area contributed by atoms with Gasteiger partial charge in [0.25, 0.3) is 0 Å². The van der Waals surface area contributed by atoms with Gasteiger partial charge < -0.3 is 10.3 Å². The van der Waals surface area contributed by atoms with Crippen LogP contribution in [0.4, 0.5) is 5.88 Å². The van der Waals surface area contributed by atoms with Gasteiger partial charge >= 0.3 is 0 Å². The molecule has 14 heavy (non-hydrogen) atoms. The van der Waals surface area contributed by atoms with Crippen LogP contribution in [0.25, 0.3) is 0 Å². The van der Waals surface area contributed by atoms with E-state index in [1.165, 1.54) is 4.88 Å². The largest absolute Gasteiger partial charge is 0.368 e. The summed E-state index contributed by atoms with van der Waals surface area (Å²) in [5.74, 6) is 0.399. The van der Waals surface area contributed by atoms with Gasteiger partial charge in [0.15, 0.2) is 0 Å². The Bertz CT molecular complexity index is 380. The van der Waals surface area contributed by atoms with Gasteiger partial charge in [0.1, 0.15) is 0 Å². The van der Waals surface area contributed by atoms with Crippen LogP contribution in [0.1, 0.15) is 17.0 Å². The molecule has 0 amide bonds. The molecule has 0 aliphatic rings. The molecule has 4 heteroatoms. The Morgan fingerprint density at radius 2 is 2.36 bits per heavy atom. The Labute approximate surface area is 86.5 Å². The standard InChI is InChI=1S/C10H12N2OS/c11-10-7-8(12-13-10)3-1-4-9-5-2-6-14-9/h2,5-7H,1,3-4,11H2. The van der Waals surface area contributed by atoms with E-state index in [9.17, 15) is 0 Å². The molecular weight excluding hydrogens is 196 g/mol. The van der Waals surface area contributed by atoms with Crippen molar-refractivity contribution in [1.29, 1.82) is 0 Å². The van der Waals surface area contributed by atoms with Crippen molar-refractivity contribution in [2.75, 3.05) is 5.73 Å². The van der Waals surface area contributed by atoms with E-state index in [4.69, 9.17) is 10.3 Å². The number of nitrogens with two attached hydrogens (primary N) is 1. The molecule has 0 aliphatic carbocycles. The van der Waals surface area contributed by atoms with E-state index >= 15 is 0 Å². The van der Waals surface area contributed by atoms with Gasteiger partial charge in [-0.3, -0.25) is 0 Å². The van der Waals surface area contributed by atoms with Gasteiger partial charge in [-0.1, -0.05) is 11.2 Å². The summed E-state index contributed by atoms with van der Waals surface area (Å²) in [4.78, 5) is 1.42. The zero-order valence-electron chi connectivity index (χ0n) is 7.77. The summed E-state index contributed by atoms with van der Waals surface area (Å²) in [6.45, 7) is 0. The molecule has 3 nitrogen and oxygen atoms in total. The maximum absolute atomic E-state index is 5.42. The molecule has 0 bridgehead atoms. The summed E-state index contributed by atoms with van der Waals surface area (Å²) in [5, 5.41) is 5.94. The van der Waals surface area contributed by atoms with Gasteiger partial charge in [-0.2, -0.15) is 0 Å². The average Bonchev–Trinajstić information content (AvgIpc) is 2.77. The maximum Gasteiger partial charge on any atom is 0.222 e. The molecule has 2 aromatic heterocycles. The van der Waals surface area contributed by atoms with E-state index in [0.29, 0.717) is 5.88 Å². The molecule has 2 aromatic rings. The number of aryl methyl sites for hydroxylation is 2. The fourth-order valence-corrected chi connectivity index (χ4v) is 2.10. The number of nitrogen functional groups attached to an aromatic ring is 1. The molecule has 2 heterocycles. The molecule has 0 fully saturated rings. The second-order valence-corrected chi connectivity index (χ2v) is 4.19. The summed E-state index contributed by atoms with van der Waals surface area (Å²) in [6, 6.07) is 6.02. The third-order valence-electron chi connectivity index (χ3n) is 2.01. The minimum atomic E-state index is 0.399. The fourth-order valence-electron chi connectivity index (χ4n) is 1.34. The Morgan fingerprint density at radius 1 is 1.43 bits per heavy atom. The second-order valence-electron chi connectivity index (χ2n) is 3.15. The number of hydrogen-bond acceptors (Lipinski definition) is 4. The van der Waals surface area contributed by atoms with Gasteiger partial charge in [-0.05, 0) is 30.7 Å². The zero-order valence-corrected chi connectivity index (χ0v) is 8.59. The predicted octanol–water partition coefficient (Wildman–Crippen LogP) is 2.49. The number of aromatic nitrogens is 1. The molecule has 0 unspecified atom stereocenters. The highest BCUT2D eigenvalue weighted by atomic mass is 32.1. The average molecular weight is 208 g/mol. The normalized spacial score (nSPS) is 10.6. The summed E-state index contributed by atoms with van der Waals surface area (Å²) in [6.07, 6.45) is 3.12. The Morgan fingerprint density at radius 3 is 3.00 bits per heavy atom. The fraction of sp³-hybridized carbons (Fsp3) is 0.300. The van der Waals surface area contributed by atoms with Crippen LogP contribution in [0.15, 0.2) is 28.1 Å². The van der Waals surface area contributed by atoms with Crippen molar-refractivity contribution >= 4 is 17.2 Å². The molecule has 0 saturated carbocycles. The lowest BCUT2D eigenvalue weighted by Crippen LogP contribution is -1.87. The zero-order chi connectivity index (χ0) is 9.80. The monoisotopic (exact) mass is 208 g/mol. The lowest BCUT2D eigenvalue weighted by Gasteiger charge is -1.94. The molecule has 0 aliphatic heterocycles. The van der Waals surface area contributed by atoms with Crippen molar-refractivity contribution in [3.05, 3.63) is 34.2 Å². The third kappa shape index (κ3) is 2.35. The van der Waals surface area contributed by atoms with E-state index in [1.54, 1.807) is 17.4 Å². The molecule has 2 N–H and O–H groups in total. The topological polar surface area (TPSA) is 52.0 Å². The quantitative estimate of drug-likeness (QED) is 0.839. The van der Waals surface area contributed by atoms with E-state index in [0.717, 1.165) is 25.0 Å². The smallest absolute Gasteiger partial charge is 0.222 e. The molecular formula is C10H12N2OS. The summed E-state index contributed by atoms with van der Waals surface area (Å²) >= 11 is 1.79. The van der Waals surface area contributed by atoms with Gasteiger partial charge in [-0.15, -0.1) is 11.3 Å². The summed E-state index contributed by atoms with van der Waals surface area (Å²) < 4.78 is 4.78. The van der Waals surface area contributed by atoms with Crippen molar-refractivity contribution in [3.63, 3.8) is 0 Å². The first-order chi connectivity index (χ1) is 6.84. The molecule has 0 saturated heterocycles. The van der Waals surface area contributed by atoms with Crippen LogP contribution in [0.5, 0.6) is 0 Å². The Hall–Kier alpha value is -1.29. The Kier molecular flexibility index (Phi) is 2.84. The number of thiophene rings is 1. The van der Waals surface area contributed by atoms with Crippen LogP contribution >= 0.6 is 11.3 Å². The highest BCUT2D eigenvalue weighted by Crippen LogP contribution is 2.13. The van der Waals surface area contributed by atoms with Crippen LogP contribution in [0, 0.1) is 0 Å². The Balaban J connectivity index is 1.78. The van der Waals surface area contributed by atoms with Crippen molar-refractivity contribution in [1.82, 2.24) is 5.16 Å². The molecule has 0 atom stereocenters. The van der Waals surface area contributed by atoms with Crippen molar-refractivity contribution in [2.24, 2.45) is 0 Å². The van der Waals surface area contributed by atoms with Crippen LogP contribution in [0.3, 0.4) is 0 Å². The number of rotatable bonds is 4. The van der Waals surface area contributed by atoms with Crippen LogP contribution in [-0.4, -0.2) is 5.16 Å². The van der Waals surface area contributed by atoms with Gasteiger partial charge in [0.05, 0.1) is 5.69 Å². The summed E-state index contributed by atoms with van der Waals surface area (Å²) in [7, 11) is 0. The first-order valence-electron chi connectivity index (χ1n) is 4.58. The first kappa shape index (κ1) is 9.27. The lowest BCUT2D eigenvalue weighted by molar-refractivity contribution is 0.426. The maximum atomic E-state index is 5.42. The van der Waals surface area contributed by atoms with Crippen LogP contribution in [0.2, 0.25) is 0 Å². The third-order valence-corrected chi connectivity index (χ3v) is 2.95. The lowest BCUT2D eigenvalue weighted by atomic mass is 10.2. The highest BCUT2D eigenvalue weighted by Gasteiger charge is 2.01. The SMILES string of the molecule is Nc1cc(CCCc2cccs2)no1. The second kappa shape index (κ2) is 4.28. The van der Waals surface area contributed by atoms with Gasteiger partial charge in [0, 0.05) is 10.9 Å². The molecule has 0 spiro atoms. The van der Waals surface area contributed by atoms with E-state index in [1.807, 2.05) is 0 Å².